The molecule has 158 valence electrons. The molecule has 9 nitrogen and oxygen atoms in total. The summed E-state index contributed by atoms with van der Waals surface area (Å²) < 4.78 is 47.1. The number of benzene rings is 1. The maximum Gasteiger partial charge on any atom is 0.238 e. The van der Waals surface area contributed by atoms with Gasteiger partial charge in [-0.15, -0.1) is 0 Å². The summed E-state index contributed by atoms with van der Waals surface area (Å²) in [6.45, 7) is 0.116. The highest BCUT2D eigenvalue weighted by Crippen LogP contribution is 2.26. The number of primary sulfonamides is 1. The number of nitrogens with two attached hydrogens (primary N) is 1. The number of nitrogens with one attached hydrogen (secondary N) is 3. The van der Waals surface area contributed by atoms with Crippen molar-refractivity contribution in [1.82, 2.24) is 15.8 Å². The second kappa shape index (κ2) is 8.93. The number of dihydropyridines is 1. The summed E-state index contributed by atoms with van der Waals surface area (Å²) in [6.07, 6.45) is 3.88. The van der Waals surface area contributed by atoms with Crippen LogP contribution in [-0.4, -0.2) is 40.0 Å². The van der Waals surface area contributed by atoms with Crippen LogP contribution in [0.2, 0.25) is 0 Å². The van der Waals surface area contributed by atoms with E-state index in [1.165, 1.54) is 24.3 Å². The van der Waals surface area contributed by atoms with Crippen LogP contribution in [0.1, 0.15) is 5.69 Å². The molecule has 1 aliphatic rings. The van der Waals surface area contributed by atoms with Crippen molar-refractivity contribution >= 4 is 21.8 Å². The average Bonchev–Trinajstić information content (AvgIpc) is 3.21. The minimum Gasteiger partial charge on any atom is -0.473 e. The highest BCUT2D eigenvalue weighted by atomic mass is 32.2. The lowest BCUT2D eigenvalue weighted by Crippen LogP contribution is -2.23. The van der Waals surface area contributed by atoms with Gasteiger partial charge in [-0.05, 0) is 18.2 Å². The number of nitrogens with zero attached hydrogens (tertiary/aromatic N) is 1. The molecule has 0 bridgehead atoms. The molecule has 11 heteroatoms. The highest BCUT2D eigenvalue weighted by Gasteiger charge is 2.16. The SMILES string of the molecule is CN/C(COC1=CC=C(F)CN1)=C(\C=N)c1cc(-c2cccc(S(N)(=O)=O)c2)on1. The summed E-state index contributed by atoms with van der Waals surface area (Å²) in [5.74, 6) is 0.408. The minimum atomic E-state index is -3.86. The zero-order chi connectivity index (χ0) is 21.7. The molecule has 0 amide bonds. The number of hydrogen-bond donors (Lipinski definition) is 4. The molecule has 3 rings (SSSR count). The van der Waals surface area contributed by atoms with E-state index in [4.69, 9.17) is 19.8 Å². The third-order valence-corrected chi connectivity index (χ3v) is 5.13. The third kappa shape index (κ3) is 4.93. The topological polar surface area (TPSA) is 143 Å². The van der Waals surface area contributed by atoms with Gasteiger partial charge in [0.1, 0.15) is 18.1 Å². The van der Waals surface area contributed by atoms with Crippen LogP contribution in [0.4, 0.5) is 4.39 Å². The summed E-state index contributed by atoms with van der Waals surface area (Å²) in [5.41, 5.74) is 1.77. The number of halogens is 1. The minimum absolute atomic E-state index is 0.0477. The van der Waals surface area contributed by atoms with E-state index in [9.17, 15) is 12.8 Å². The van der Waals surface area contributed by atoms with Crippen LogP contribution in [0.15, 0.2) is 69.3 Å². The quantitative estimate of drug-likeness (QED) is 0.465. The summed E-state index contributed by atoms with van der Waals surface area (Å²) >= 11 is 0. The van der Waals surface area contributed by atoms with E-state index in [1.807, 2.05) is 0 Å². The normalized spacial score (nSPS) is 14.8. The number of rotatable bonds is 8. The molecular formula is C19H20FN5O4S. The Labute approximate surface area is 172 Å². The Morgan fingerprint density at radius 1 is 1.43 bits per heavy atom. The van der Waals surface area contributed by atoms with E-state index in [0.717, 1.165) is 6.21 Å². The standard InChI is InChI=1S/C19H20FN5O4S/c1-23-17(11-28-19-6-5-13(20)10-24-19)15(9-21)16-8-18(29-25-16)12-3-2-4-14(7-12)30(22,26)27/h2-9,21,23-24H,10-11H2,1H3,(H2,22,26,27)/b17-15+,21-9?. The van der Waals surface area contributed by atoms with Gasteiger partial charge in [0.05, 0.1) is 17.1 Å². The van der Waals surface area contributed by atoms with Crippen LogP contribution in [-0.2, 0) is 14.8 Å². The van der Waals surface area contributed by atoms with E-state index < -0.39 is 10.0 Å². The molecule has 1 aliphatic heterocycles. The molecule has 0 atom stereocenters. The molecule has 0 radical (unpaired) electrons. The van der Waals surface area contributed by atoms with Gasteiger partial charge >= 0.3 is 0 Å². The van der Waals surface area contributed by atoms with Crippen LogP contribution in [0.3, 0.4) is 0 Å². The maximum atomic E-state index is 13.0. The lowest BCUT2D eigenvalue weighted by atomic mass is 10.1. The fraction of sp³-hybridized carbons (Fsp3) is 0.158. The van der Waals surface area contributed by atoms with E-state index >= 15 is 0 Å². The molecule has 1 aromatic carbocycles. The fourth-order valence-electron chi connectivity index (χ4n) is 2.67. The van der Waals surface area contributed by atoms with Crippen molar-refractivity contribution in [1.29, 1.82) is 5.41 Å². The van der Waals surface area contributed by atoms with Crippen molar-refractivity contribution in [2.24, 2.45) is 5.14 Å². The van der Waals surface area contributed by atoms with Crippen LogP contribution in [0, 0.1) is 5.41 Å². The number of aromatic nitrogens is 1. The van der Waals surface area contributed by atoms with Crippen LogP contribution in [0.25, 0.3) is 16.9 Å². The van der Waals surface area contributed by atoms with Crippen molar-refractivity contribution in [2.75, 3.05) is 20.2 Å². The number of allylic oxidation sites excluding steroid dienone is 3. The lowest BCUT2D eigenvalue weighted by molar-refractivity contribution is 0.210. The molecule has 0 saturated carbocycles. The fourth-order valence-corrected chi connectivity index (χ4v) is 3.23. The average molecular weight is 433 g/mol. The van der Waals surface area contributed by atoms with Crippen molar-refractivity contribution in [2.45, 2.75) is 4.90 Å². The Kier molecular flexibility index (Phi) is 6.33. The zero-order valence-electron chi connectivity index (χ0n) is 16.0. The summed E-state index contributed by atoms with van der Waals surface area (Å²) in [6, 6.07) is 7.53. The highest BCUT2D eigenvalue weighted by molar-refractivity contribution is 7.89. The van der Waals surface area contributed by atoms with E-state index in [-0.39, 0.29) is 23.9 Å². The van der Waals surface area contributed by atoms with E-state index in [0.29, 0.717) is 34.2 Å². The molecular weight excluding hydrogens is 413 g/mol. The smallest absolute Gasteiger partial charge is 0.238 e. The molecule has 0 fully saturated rings. The van der Waals surface area contributed by atoms with Gasteiger partial charge in [0.2, 0.25) is 10.0 Å². The van der Waals surface area contributed by atoms with Gasteiger partial charge < -0.3 is 25.3 Å². The zero-order valence-corrected chi connectivity index (χ0v) is 16.8. The maximum absolute atomic E-state index is 13.0. The van der Waals surface area contributed by atoms with Gasteiger partial charge in [0, 0.05) is 36.5 Å². The Bertz CT molecular complexity index is 1150. The Balaban J connectivity index is 1.86. The molecule has 2 heterocycles. The van der Waals surface area contributed by atoms with Gasteiger partial charge in [-0.1, -0.05) is 17.3 Å². The number of sulfonamides is 1. The van der Waals surface area contributed by atoms with Gasteiger partial charge in [-0.3, -0.25) is 0 Å². The first-order valence-electron chi connectivity index (χ1n) is 8.76. The van der Waals surface area contributed by atoms with Crippen molar-refractivity contribution < 1.29 is 22.1 Å². The second-order valence-corrected chi connectivity index (χ2v) is 7.78. The first-order valence-corrected chi connectivity index (χ1v) is 10.3. The van der Waals surface area contributed by atoms with Crippen molar-refractivity contribution in [3.8, 4) is 11.3 Å². The summed E-state index contributed by atoms with van der Waals surface area (Å²) in [4.78, 5) is -0.0520. The molecule has 0 unspecified atom stereocenters. The Morgan fingerprint density at radius 3 is 2.87 bits per heavy atom. The van der Waals surface area contributed by atoms with Crippen LogP contribution < -0.4 is 15.8 Å². The summed E-state index contributed by atoms with van der Waals surface area (Å²) in [7, 11) is -2.19. The predicted octanol–water partition coefficient (Wildman–Crippen LogP) is 1.88. The molecule has 0 saturated heterocycles. The second-order valence-electron chi connectivity index (χ2n) is 6.22. The molecule has 1 aromatic heterocycles. The molecule has 0 spiro atoms. The predicted molar refractivity (Wildman–Crippen MR) is 109 cm³/mol. The number of likely N-dealkylation sites (N-methyl/N-ethyl adjacent to an activating group) is 1. The van der Waals surface area contributed by atoms with Crippen LogP contribution >= 0.6 is 0 Å². The Morgan fingerprint density at radius 2 is 2.23 bits per heavy atom. The lowest BCUT2D eigenvalue weighted by Gasteiger charge is -2.17. The van der Waals surface area contributed by atoms with Crippen LogP contribution in [0.5, 0.6) is 0 Å². The summed E-state index contributed by atoms with van der Waals surface area (Å²) in [5, 5.41) is 22.7. The molecule has 0 aliphatic carbocycles. The van der Waals surface area contributed by atoms with Crippen molar-refractivity contribution in [3.05, 3.63) is 65.6 Å². The van der Waals surface area contributed by atoms with Gasteiger partial charge in [0.25, 0.3) is 0 Å². The van der Waals surface area contributed by atoms with Gasteiger partial charge in [-0.25, -0.2) is 17.9 Å². The first kappa shape index (κ1) is 21.3. The van der Waals surface area contributed by atoms with Gasteiger partial charge in [-0.2, -0.15) is 0 Å². The largest absolute Gasteiger partial charge is 0.473 e. The molecule has 2 aromatic rings. The number of ether oxygens (including phenoxy) is 1. The molecule has 5 N–H and O–H groups in total. The van der Waals surface area contributed by atoms with E-state index in [2.05, 4.69) is 15.8 Å². The Hall–Kier alpha value is -3.44. The monoisotopic (exact) mass is 433 g/mol. The molecule has 30 heavy (non-hydrogen) atoms. The van der Waals surface area contributed by atoms with Crippen molar-refractivity contribution in [3.63, 3.8) is 0 Å². The first-order chi connectivity index (χ1) is 14.3. The van der Waals surface area contributed by atoms with E-state index in [1.54, 1.807) is 25.2 Å². The number of hydrogen-bond acceptors (Lipinski definition) is 8. The van der Waals surface area contributed by atoms with Gasteiger partial charge in [0.15, 0.2) is 11.6 Å². The third-order valence-electron chi connectivity index (χ3n) is 4.22.